The van der Waals surface area contributed by atoms with Crippen molar-refractivity contribution in [2.24, 2.45) is 0 Å². The summed E-state index contributed by atoms with van der Waals surface area (Å²) < 4.78 is 21.1. The van der Waals surface area contributed by atoms with E-state index in [1.165, 1.54) is 12.1 Å². The van der Waals surface area contributed by atoms with E-state index >= 15 is 0 Å². The minimum atomic E-state index is -0.585. The molecule has 0 amide bonds. The third-order valence-corrected chi connectivity index (χ3v) is 3.83. The quantitative estimate of drug-likeness (QED) is 0.571. The maximum Gasteiger partial charge on any atom is 0.261 e. The molecule has 0 fully saturated rings. The number of benzene rings is 2. The van der Waals surface area contributed by atoms with Gasteiger partial charge in [-0.15, -0.1) is 5.10 Å². The van der Waals surface area contributed by atoms with Crippen LogP contribution >= 0.6 is 0 Å². The van der Waals surface area contributed by atoms with Crippen molar-refractivity contribution < 1.29 is 8.91 Å². The molecule has 2 aromatic heterocycles. The minimum absolute atomic E-state index is 0.0548. The van der Waals surface area contributed by atoms with Crippen molar-refractivity contribution in [2.75, 3.05) is 0 Å². The molecule has 2 aromatic carbocycles. The van der Waals surface area contributed by atoms with Crippen molar-refractivity contribution in [3.8, 4) is 28.9 Å². The third-order valence-electron chi connectivity index (χ3n) is 3.83. The number of halogens is 1. The van der Waals surface area contributed by atoms with E-state index in [-0.39, 0.29) is 17.0 Å². The van der Waals surface area contributed by atoms with Crippen LogP contribution < -0.4 is 0 Å². The molecule has 0 radical (unpaired) electrons. The Kier molecular flexibility index (Phi) is 3.47. The van der Waals surface area contributed by atoms with Crippen LogP contribution in [0.15, 0.2) is 40.9 Å². The molecule has 0 aliphatic rings. The predicted octanol–water partition coefficient (Wildman–Crippen LogP) is 3.18. The van der Waals surface area contributed by atoms with E-state index in [1.807, 2.05) is 25.1 Å². The smallest absolute Gasteiger partial charge is 0.261 e. The Labute approximate surface area is 141 Å². The van der Waals surface area contributed by atoms with E-state index in [1.54, 1.807) is 10.7 Å². The minimum Gasteiger partial charge on any atom is -0.334 e. The first-order valence-corrected chi connectivity index (χ1v) is 7.57. The molecule has 2 heterocycles. The van der Waals surface area contributed by atoms with Crippen LogP contribution in [-0.2, 0) is 6.54 Å². The van der Waals surface area contributed by atoms with Gasteiger partial charge >= 0.3 is 0 Å². The first kappa shape index (κ1) is 15.0. The molecule has 0 saturated heterocycles. The maximum atomic E-state index is 14.1. The summed E-state index contributed by atoms with van der Waals surface area (Å²) in [6.07, 6.45) is 0. The van der Waals surface area contributed by atoms with Crippen LogP contribution in [0.2, 0.25) is 0 Å². The van der Waals surface area contributed by atoms with Crippen LogP contribution in [0.25, 0.3) is 33.9 Å². The summed E-state index contributed by atoms with van der Waals surface area (Å²) in [5, 5.41) is 20.9. The normalized spacial score (nSPS) is 10.9. The Bertz CT molecular complexity index is 1120. The van der Waals surface area contributed by atoms with Gasteiger partial charge in [-0.3, -0.25) is 0 Å². The molecular formula is C17H11FN6O. The van der Waals surface area contributed by atoms with Gasteiger partial charge < -0.3 is 4.52 Å². The van der Waals surface area contributed by atoms with E-state index in [4.69, 9.17) is 9.78 Å². The topological polar surface area (TPSA) is 93.4 Å². The molecule has 0 spiro atoms. The molecule has 4 rings (SSSR count). The lowest BCUT2D eigenvalue weighted by molar-refractivity contribution is 0.429. The molecule has 0 aliphatic heterocycles. The van der Waals surface area contributed by atoms with E-state index < -0.39 is 5.82 Å². The van der Waals surface area contributed by atoms with E-state index in [2.05, 4.69) is 20.5 Å². The maximum absolute atomic E-state index is 14.1. The lowest BCUT2D eigenvalue weighted by atomic mass is 10.1. The van der Waals surface area contributed by atoms with Gasteiger partial charge in [0.2, 0.25) is 5.82 Å². The number of fused-ring (bicyclic) bond motifs is 1. The predicted molar refractivity (Wildman–Crippen MR) is 86.6 cm³/mol. The van der Waals surface area contributed by atoms with Crippen LogP contribution in [0, 0.1) is 17.1 Å². The number of aromatic nitrogens is 5. The Hall–Kier alpha value is -3.60. The third kappa shape index (κ3) is 2.52. The Morgan fingerprint density at radius 3 is 2.88 bits per heavy atom. The van der Waals surface area contributed by atoms with E-state index in [0.717, 1.165) is 17.1 Å². The average molecular weight is 334 g/mol. The SMILES string of the molecule is CCn1nnc2ccc(-c3noc(-c4ccc(C#N)cc4F)n3)cc21. The lowest BCUT2D eigenvalue weighted by Gasteiger charge is -1.98. The van der Waals surface area contributed by atoms with Crippen LogP contribution in [0.3, 0.4) is 0 Å². The summed E-state index contributed by atoms with van der Waals surface area (Å²) in [5.41, 5.74) is 2.72. The summed E-state index contributed by atoms with van der Waals surface area (Å²) >= 11 is 0. The molecule has 7 nitrogen and oxygen atoms in total. The number of rotatable bonds is 3. The fourth-order valence-corrected chi connectivity index (χ4v) is 2.55. The first-order valence-electron chi connectivity index (χ1n) is 7.57. The van der Waals surface area contributed by atoms with Crippen molar-refractivity contribution >= 4 is 11.0 Å². The number of aryl methyl sites for hydroxylation is 1. The zero-order valence-corrected chi connectivity index (χ0v) is 13.1. The van der Waals surface area contributed by atoms with Gasteiger partial charge in [-0.1, -0.05) is 10.4 Å². The molecule has 0 unspecified atom stereocenters. The van der Waals surface area contributed by atoms with Crippen molar-refractivity contribution in [3.05, 3.63) is 47.8 Å². The monoisotopic (exact) mass is 334 g/mol. The second kappa shape index (κ2) is 5.79. The second-order valence-corrected chi connectivity index (χ2v) is 5.34. The van der Waals surface area contributed by atoms with Gasteiger partial charge in [0.25, 0.3) is 5.89 Å². The van der Waals surface area contributed by atoms with Crippen LogP contribution in [0.4, 0.5) is 4.39 Å². The molecule has 0 aliphatic carbocycles. The molecule has 8 heteroatoms. The number of nitriles is 1. The van der Waals surface area contributed by atoms with Gasteiger partial charge in [0.1, 0.15) is 11.3 Å². The van der Waals surface area contributed by atoms with Gasteiger partial charge in [-0.05, 0) is 43.3 Å². The molecular weight excluding hydrogens is 323 g/mol. The van der Waals surface area contributed by atoms with E-state index in [9.17, 15) is 4.39 Å². The second-order valence-electron chi connectivity index (χ2n) is 5.34. The van der Waals surface area contributed by atoms with Crippen LogP contribution in [0.5, 0.6) is 0 Å². The molecule has 0 atom stereocenters. The fraction of sp³-hybridized carbons (Fsp3) is 0.118. The summed E-state index contributed by atoms with van der Waals surface area (Å²) in [7, 11) is 0. The molecule has 25 heavy (non-hydrogen) atoms. The van der Waals surface area contributed by atoms with Crippen LogP contribution in [-0.4, -0.2) is 25.1 Å². The van der Waals surface area contributed by atoms with Crippen molar-refractivity contribution in [1.82, 2.24) is 25.1 Å². The number of hydrogen-bond acceptors (Lipinski definition) is 6. The standard InChI is InChI=1S/C17H11FN6O/c1-2-24-15-8-11(4-6-14(15)21-23-24)16-20-17(25-22-16)12-5-3-10(9-19)7-13(12)18/h3-8H,2H2,1H3. The zero-order valence-electron chi connectivity index (χ0n) is 13.1. The van der Waals surface area contributed by atoms with Crippen LogP contribution in [0.1, 0.15) is 12.5 Å². The summed E-state index contributed by atoms with van der Waals surface area (Å²) in [6.45, 7) is 2.66. The van der Waals surface area contributed by atoms with Gasteiger partial charge in [0.15, 0.2) is 0 Å². The van der Waals surface area contributed by atoms with Crippen molar-refractivity contribution in [2.45, 2.75) is 13.5 Å². The lowest BCUT2D eigenvalue weighted by Crippen LogP contribution is -1.96. The summed E-state index contributed by atoms with van der Waals surface area (Å²) in [4.78, 5) is 4.26. The fourth-order valence-electron chi connectivity index (χ4n) is 2.55. The molecule has 122 valence electrons. The molecule has 0 saturated carbocycles. The first-order chi connectivity index (χ1) is 12.2. The highest BCUT2D eigenvalue weighted by atomic mass is 19.1. The van der Waals surface area contributed by atoms with Gasteiger partial charge in [-0.2, -0.15) is 10.2 Å². The largest absolute Gasteiger partial charge is 0.334 e. The Morgan fingerprint density at radius 2 is 2.12 bits per heavy atom. The molecule has 0 bridgehead atoms. The Morgan fingerprint density at radius 1 is 1.24 bits per heavy atom. The number of nitrogens with zero attached hydrogens (tertiary/aromatic N) is 6. The van der Waals surface area contributed by atoms with Crippen molar-refractivity contribution in [3.63, 3.8) is 0 Å². The highest BCUT2D eigenvalue weighted by Gasteiger charge is 2.16. The van der Waals surface area contributed by atoms with Gasteiger partial charge in [0, 0.05) is 12.1 Å². The molecule has 0 N–H and O–H groups in total. The summed E-state index contributed by atoms with van der Waals surface area (Å²) in [5.74, 6) is -0.193. The summed E-state index contributed by atoms with van der Waals surface area (Å²) in [6, 6.07) is 11.5. The van der Waals surface area contributed by atoms with Gasteiger partial charge in [-0.25, -0.2) is 9.07 Å². The highest BCUT2D eigenvalue weighted by molar-refractivity contribution is 5.80. The van der Waals surface area contributed by atoms with Gasteiger partial charge in [0.05, 0.1) is 22.7 Å². The number of hydrogen-bond donors (Lipinski definition) is 0. The zero-order chi connectivity index (χ0) is 17.4. The van der Waals surface area contributed by atoms with Crippen molar-refractivity contribution in [1.29, 1.82) is 5.26 Å². The molecule has 4 aromatic rings. The highest BCUT2D eigenvalue weighted by Crippen LogP contribution is 2.26. The van der Waals surface area contributed by atoms with E-state index in [0.29, 0.717) is 17.9 Å². The Balaban J connectivity index is 1.75. The average Bonchev–Trinajstić information content (AvgIpc) is 3.27.